The molecule has 140 valence electrons. The topological polar surface area (TPSA) is 66.5 Å². The van der Waals surface area contributed by atoms with E-state index in [4.69, 9.17) is 11.6 Å². The van der Waals surface area contributed by atoms with Crippen LogP contribution < -0.4 is 9.62 Å². The minimum Gasteiger partial charge on any atom is -0.322 e. The van der Waals surface area contributed by atoms with Crippen LogP contribution >= 0.6 is 22.9 Å². The second-order valence-corrected chi connectivity index (χ2v) is 9.45. The lowest BCUT2D eigenvalue weighted by molar-refractivity contribution is 0.102. The Morgan fingerprint density at radius 2 is 1.81 bits per heavy atom. The second kappa shape index (κ2) is 7.72. The quantitative estimate of drug-likeness (QED) is 0.645. The van der Waals surface area contributed by atoms with Gasteiger partial charge in [0.25, 0.3) is 15.9 Å². The molecule has 1 heterocycles. The zero-order valence-electron chi connectivity index (χ0n) is 14.6. The van der Waals surface area contributed by atoms with Gasteiger partial charge in [0.05, 0.1) is 5.69 Å². The van der Waals surface area contributed by atoms with Crippen LogP contribution in [-0.2, 0) is 10.0 Å². The van der Waals surface area contributed by atoms with E-state index < -0.39 is 10.0 Å². The summed E-state index contributed by atoms with van der Waals surface area (Å²) in [5, 5.41) is 5.06. The molecule has 0 fully saturated rings. The van der Waals surface area contributed by atoms with Gasteiger partial charge < -0.3 is 5.32 Å². The summed E-state index contributed by atoms with van der Waals surface area (Å²) in [6.07, 6.45) is 0. The molecule has 1 N–H and O–H groups in total. The number of hydrogen-bond donors (Lipinski definition) is 1. The molecule has 0 bridgehead atoms. The SMILES string of the molecule is Cc1ccc(Cl)cc1NC(=O)c1ccc(N(C)S(=O)(=O)c2cccs2)cc1. The van der Waals surface area contributed by atoms with Crippen LogP contribution in [-0.4, -0.2) is 21.4 Å². The van der Waals surface area contributed by atoms with Gasteiger partial charge >= 0.3 is 0 Å². The molecular formula is C19H17ClN2O3S2. The lowest BCUT2D eigenvalue weighted by atomic mass is 10.1. The van der Waals surface area contributed by atoms with Gasteiger partial charge in [0.2, 0.25) is 0 Å². The van der Waals surface area contributed by atoms with E-state index in [9.17, 15) is 13.2 Å². The van der Waals surface area contributed by atoms with E-state index in [0.717, 1.165) is 16.9 Å². The lowest BCUT2D eigenvalue weighted by Gasteiger charge is -2.18. The predicted molar refractivity (Wildman–Crippen MR) is 110 cm³/mol. The Kier molecular flexibility index (Phi) is 5.55. The minimum absolute atomic E-state index is 0.267. The average Bonchev–Trinajstić information content (AvgIpc) is 3.20. The highest BCUT2D eigenvalue weighted by atomic mass is 35.5. The van der Waals surface area contributed by atoms with E-state index in [1.54, 1.807) is 53.9 Å². The van der Waals surface area contributed by atoms with Crippen LogP contribution in [0.25, 0.3) is 0 Å². The number of amides is 1. The highest BCUT2D eigenvalue weighted by molar-refractivity contribution is 7.94. The van der Waals surface area contributed by atoms with E-state index in [1.807, 2.05) is 13.0 Å². The first-order valence-electron chi connectivity index (χ1n) is 7.99. The molecule has 3 rings (SSSR count). The molecule has 0 aliphatic heterocycles. The normalized spacial score (nSPS) is 11.2. The summed E-state index contributed by atoms with van der Waals surface area (Å²) in [5.41, 5.74) is 2.42. The summed E-state index contributed by atoms with van der Waals surface area (Å²) in [6, 6.07) is 14.9. The summed E-state index contributed by atoms with van der Waals surface area (Å²) in [7, 11) is -2.12. The Morgan fingerprint density at radius 1 is 1.11 bits per heavy atom. The zero-order valence-corrected chi connectivity index (χ0v) is 17.0. The fourth-order valence-corrected chi connectivity index (χ4v) is 4.96. The smallest absolute Gasteiger partial charge is 0.273 e. The first kappa shape index (κ1) is 19.4. The fraction of sp³-hybridized carbons (Fsp3) is 0.105. The number of carbonyl (C=O) groups excluding carboxylic acids is 1. The number of nitrogens with zero attached hydrogens (tertiary/aromatic N) is 1. The maximum Gasteiger partial charge on any atom is 0.273 e. The molecule has 0 radical (unpaired) electrons. The van der Waals surface area contributed by atoms with Crippen LogP contribution in [0.5, 0.6) is 0 Å². The van der Waals surface area contributed by atoms with Crippen molar-refractivity contribution in [2.75, 3.05) is 16.7 Å². The molecule has 27 heavy (non-hydrogen) atoms. The third-order valence-electron chi connectivity index (χ3n) is 4.05. The first-order valence-corrected chi connectivity index (χ1v) is 10.7. The van der Waals surface area contributed by atoms with Crippen molar-refractivity contribution in [1.82, 2.24) is 0 Å². The van der Waals surface area contributed by atoms with E-state index in [2.05, 4.69) is 5.32 Å². The molecule has 5 nitrogen and oxygen atoms in total. The number of rotatable bonds is 5. The van der Waals surface area contributed by atoms with Gasteiger partial charge in [-0.25, -0.2) is 8.42 Å². The van der Waals surface area contributed by atoms with E-state index in [-0.39, 0.29) is 10.1 Å². The number of halogens is 1. The Hall–Kier alpha value is -2.35. The van der Waals surface area contributed by atoms with E-state index >= 15 is 0 Å². The van der Waals surface area contributed by atoms with Gasteiger partial charge in [-0.05, 0) is 60.3 Å². The number of anilines is 2. The first-order chi connectivity index (χ1) is 12.8. The van der Waals surface area contributed by atoms with Gasteiger partial charge in [0.1, 0.15) is 4.21 Å². The lowest BCUT2D eigenvalue weighted by Crippen LogP contribution is -2.25. The maximum atomic E-state index is 12.6. The van der Waals surface area contributed by atoms with Crippen molar-refractivity contribution in [2.45, 2.75) is 11.1 Å². The van der Waals surface area contributed by atoms with Gasteiger partial charge in [-0.2, -0.15) is 0 Å². The number of hydrogen-bond acceptors (Lipinski definition) is 4. The molecule has 3 aromatic rings. The van der Waals surface area contributed by atoms with Crippen LogP contribution in [0.1, 0.15) is 15.9 Å². The van der Waals surface area contributed by atoms with Crippen LogP contribution in [0, 0.1) is 6.92 Å². The van der Waals surface area contributed by atoms with Crippen LogP contribution in [0.3, 0.4) is 0 Å². The second-order valence-electron chi connectivity index (χ2n) is 5.86. The molecule has 0 saturated carbocycles. The maximum absolute atomic E-state index is 12.6. The van der Waals surface area contributed by atoms with Gasteiger partial charge in [0.15, 0.2) is 0 Å². The third-order valence-corrected chi connectivity index (χ3v) is 7.44. The van der Waals surface area contributed by atoms with Crippen molar-refractivity contribution in [3.05, 3.63) is 76.1 Å². The van der Waals surface area contributed by atoms with Crippen LogP contribution in [0.4, 0.5) is 11.4 Å². The molecule has 0 saturated heterocycles. The van der Waals surface area contributed by atoms with Crippen molar-refractivity contribution in [2.24, 2.45) is 0 Å². The van der Waals surface area contributed by atoms with E-state index in [1.165, 1.54) is 11.4 Å². The summed E-state index contributed by atoms with van der Waals surface area (Å²) < 4.78 is 26.6. The Balaban J connectivity index is 1.79. The number of carbonyl (C=O) groups is 1. The monoisotopic (exact) mass is 420 g/mol. The highest BCUT2D eigenvalue weighted by Crippen LogP contribution is 2.26. The Bertz CT molecular complexity index is 1060. The molecule has 2 aromatic carbocycles. The molecule has 0 aliphatic rings. The molecule has 0 spiro atoms. The van der Waals surface area contributed by atoms with Crippen LogP contribution in [0.2, 0.25) is 5.02 Å². The van der Waals surface area contributed by atoms with Crippen molar-refractivity contribution in [3.8, 4) is 0 Å². The van der Waals surface area contributed by atoms with Gasteiger partial charge in [0, 0.05) is 23.3 Å². The van der Waals surface area contributed by atoms with Gasteiger partial charge in [-0.3, -0.25) is 9.10 Å². The molecule has 1 aromatic heterocycles. The molecule has 0 aliphatic carbocycles. The molecule has 0 atom stereocenters. The van der Waals surface area contributed by atoms with E-state index in [0.29, 0.717) is 22.0 Å². The van der Waals surface area contributed by atoms with Crippen molar-refractivity contribution < 1.29 is 13.2 Å². The van der Waals surface area contributed by atoms with Gasteiger partial charge in [-0.1, -0.05) is 23.7 Å². The minimum atomic E-state index is -3.60. The Morgan fingerprint density at radius 3 is 2.44 bits per heavy atom. The summed E-state index contributed by atoms with van der Waals surface area (Å²) in [6.45, 7) is 1.87. The number of nitrogens with one attached hydrogen (secondary N) is 1. The average molecular weight is 421 g/mol. The standard InChI is InChI=1S/C19H17ClN2O3S2/c1-13-5-8-15(20)12-17(13)21-19(23)14-6-9-16(10-7-14)22(2)27(24,25)18-4-3-11-26-18/h3-12H,1-2H3,(H,21,23). The Labute approximate surface area is 167 Å². The number of sulfonamides is 1. The summed E-state index contributed by atoms with van der Waals surface area (Å²) >= 11 is 7.13. The van der Waals surface area contributed by atoms with Crippen LogP contribution in [0.15, 0.2) is 64.2 Å². The molecule has 1 amide bonds. The van der Waals surface area contributed by atoms with Crippen molar-refractivity contribution >= 4 is 50.2 Å². The van der Waals surface area contributed by atoms with Crippen molar-refractivity contribution in [3.63, 3.8) is 0 Å². The number of aryl methyl sites for hydroxylation is 1. The third kappa shape index (κ3) is 4.16. The predicted octanol–water partition coefficient (Wildman–Crippen LogP) is 4.79. The fourth-order valence-electron chi connectivity index (χ4n) is 2.43. The molecule has 0 unspecified atom stereocenters. The molecular weight excluding hydrogens is 404 g/mol. The number of thiophene rings is 1. The highest BCUT2D eigenvalue weighted by Gasteiger charge is 2.22. The summed E-state index contributed by atoms with van der Waals surface area (Å²) in [4.78, 5) is 12.5. The largest absolute Gasteiger partial charge is 0.322 e. The van der Waals surface area contributed by atoms with Crippen molar-refractivity contribution in [1.29, 1.82) is 0 Å². The number of benzene rings is 2. The molecule has 8 heteroatoms. The summed E-state index contributed by atoms with van der Waals surface area (Å²) in [5.74, 6) is -0.296. The zero-order chi connectivity index (χ0) is 19.6. The van der Waals surface area contributed by atoms with Gasteiger partial charge in [-0.15, -0.1) is 11.3 Å².